The van der Waals surface area contributed by atoms with E-state index in [9.17, 15) is 4.79 Å². The summed E-state index contributed by atoms with van der Waals surface area (Å²) in [5.41, 5.74) is 5.14. The highest BCUT2D eigenvalue weighted by Gasteiger charge is 2.42. The Bertz CT molecular complexity index is 1270. The van der Waals surface area contributed by atoms with Crippen molar-refractivity contribution < 1.29 is 9.53 Å². The topological polar surface area (TPSA) is 58.2 Å². The molecule has 2 heterocycles. The lowest BCUT2D eigenvalue weighted by molar-refractivity contribution is 0.0730. The molecule has 166 valence electrons. The minimum absolute atomic E-state index is 0.0635. The number of hydrogen-bond acceptors (Lipinski definition) is 3. The highest BCUT2D eigenvalue weighted by molar-refractivity contribution is 6.30. The number of H-pyrrole nitrogens is 1. The molecule has 5 nitrogen and oxygen atoms in total. The van der Waals surface area contributed by atoms with E-state index in [1.807, 2.05) is 83.8 Å². The number of fused-ring (bicyclic) bond motifs is 1. The van der Waals surface area contributed by atoms with Crippen molar-refractivity contribution in [3.63, 3.8) is 0 Å². The lowest BCUT2D eigenvalue weighted by Crippen LogP contribution is -2.29. The smallest absolute Gasteiger partial charge is 0.273 e. The van der Waals surface area contributed by atoms with Crippen LogP contribution in [0.5, 0.6) is 5.75 Å². The third-order valence-corrected chi connectivity index (χ3v) is 6.08. The number of nitrogens with zero attached hydrogens (tertiary/aromatic N) is 2. The number of carbonyl (C=O) groups excluding carboxylic acids is 1. The van der Waals surface area contributed by atoms with Gasteiger partial charge in [0.25, 0.3) is 5.91 Å². The molecule has 0 fully saturated rings. The molecular formula is C27H24ClN3O2. The van der Waals surface area contributed by atoms with Gasteiger partial charge < -0.3 is 9.64 Å². The van der Waals surface area contributed by atoms with E-state index < -0.39 is 0 Å². The molecule has 1 unspecified atom stereocenters. The van der Waals surface area contributed by atoms with Crippen LogP contribution >= 0.6 is 11.6 Å². The molecule has 1 aliphatic rings. The van der Waals surface area contributed by atoms with E-state index in [0.717, 1.165) is 40.1 Å². The van der Waals surface area contributed by atoms with Crippen LogP contribution in [0.15, 0.2) is 78.9 Å². The number of benzene rings is 3. The van der Waals surface area contributed by atoms with Gasteiger partial charge in [-0.15, -0.1) is 0 Å². The molecule has 0 bridgehead atoms. The summed E-state index contributed by atoms with van der Waals surface area (Å²) in [7, 11) is 0. The van der Waals surface area contributed by atoms with Crippen LogP contribution < -0.4 is 4.74 Å². The number of rotatable bonds is 7. The summed E-state index contributed by atoms with van der Waals surface area (Å²) in [5.74, 6) is 0.734. The molecule has 5 rings (SSSR count). The van der Waals surface area contributed by atoms with Crippen molar-refractivity contribution in [2.75, 3.05) is 6.61 Å². The summed E-state index contributed by atoms with van der Waals surface area (Å²) >= 11 is 6.11. The van der Waals surface area contributed by atoms with Crippen molar-refractivity contribution in [3.05, 3.63) is 106 Å². The third kappa shape index (κ3) is 4.12. The molecule has 0 spiro atoms. The van der Waals surface area contributed by atoms with Gasteiger partial charge in [0.15, 0.2) is 0 Å². The molecule has 0 saturated carbocycles. The van der Waals surface area contributed by atoms with Gasteiger partial charge in [0.05, 0.1) is 18.3 Å². The average molecular weight is 458 g/mol. The molecule has 0 saturated heterocycles. The molecule has 6 heteroatoms. The van der Waals surface area contributed by atoms with Gasteiger partial charge in [0.2, 0.25) is 0 Å². The first-order valence-electron chi connectivity index (χ1n) is 11.1. The van der Waals surface area contributed by atoms with Crippen molar-refractivity contribution in [1.82, 2.24) is 15.1 Å². The molecule has 1 N–H and O–H groups in total. The Labute approximate surface area is 198 Å². The second-order valence-corrected chi connectivity index (χ2v) is 8.55. The molecule has 1 aromatic heterocycles. The highest BCUT2D eigenvalue weighted by Crippen LogP contribution is 2.44. The number of ether oxygens (including phenoxy) is 1. The lowest BCUT2D eigenvalue weighted by atomic mass is 9.95. The second-order valence-electron chi connectivity index (χ2n) is 8.11. The van der Waals surface area contributed by atoms with Crippen LogP contribution in [0.25, 0.3) is 11.3 Å². The van der Waals surface area contributed by atoms with Crippen molar-refractivity contribution in [2.45, 2.75) is 25.9 Å². The minimum atomic E-state index is -0.290. The predicted molar refractivity (Wildman–Crippen MR) is 129 cm³/mol. The van der Waals surface area contributed by atoms with E-state index in [4.69, 9.17) is 16.3 Å². The lowest BCUT2D eigenvalue weighted by Gasteiger charge is -2.27. The molecule has 0 radical (unpaired) electrons. The zero-order valence-corrected chi connectivity index (χ0v) is 19.0. The second kappa shape index (κ2) is 9.12. The standard InChI is InChI=1S/C27H24ClN3O2/c1-2-15-33-22-10-6-9-20(16-22)26-23-24(19-11-13-21(28)14-12-19)29-30-25(23)27(32)31(26)17-18-7-4-3-5-8-18/h3-14,16,26H,2,15,17H2,1H3,(H,29,30). The van der Waals surface area contributed by atoms with Gasteiger partial charge in [0, 0.05) is 22.7 Å². The van der Waals surface area contributed by atoms with E-state index in [0.29, 0.717) is 23.9 Å². The maximum atomic E-state index is 13.5. The van der Waals surface area contributed by atoms with E-state index in [2.05, 4.69) is 17.1 Å². The summed E-state index contributed by atoms with van der Waals surface area (Å²) in [5, 5.41) is 8.20. The summed E-state index contributed by atoms with van der Waals surface area (Å²) in [6, 6.07) is 25.3. The molecule has 33 heavy (non-hydrogen) atoms. The van der Waals surface area contributed by atoms with Gasteiger partial charge in [-0.3, -0.25) is 9.89 Å². The van der Waals surface area contributed by atoms with Crippen molar-refractivity contribution in [1.29, 1.82) is 0 Å². The number of nitrogens with one attached hydrogen (secondary N) is 1. The van der Waals surface area contributed by atoms with E-state index >= 15 is 0 Å². The van der Waals surface area contributed by atoms with Gasteiger partial charge in [-0.05, 0) is 41.8 Å². The Morgan fingerprint density at radius 3 is 2.58 bits per heavy atom. The number of amides is 1. The van der Waals surface area contributed by atoms with E-state index in [1.165, 1.54) is 0 Å². The van der Waals surface area contributed by atoms with Gasteiger partial charge >= 0.3 is 0 Å². The van der Waals surface area contributed by atoms with Crippen LogP contribution in [0.4, 0.5) is 0 Å². The Kier molecular flexibility index (Phi) is 5.88. The molecule has 0 aliphatic carbocycles. The van der Waals surface area contributed by atoms with Crippen LogP contribution in [0.2, 0.25) is 5.02 Å². The zero-order valence-electron chi connectivity index (χ0n) is 18.3. The molecular weight excluding hydrogens is 434 g/mol. The third-order valence-electron chi connectivity index (χ3n) is 5.82. The SMILES string of the molecule is CCCOc1cccc(C2c3c(-c4ccc(Cl)cc4)n[nH]c3C(=O)N2Cc2ccccc2)c1. The Morgan fingerprint density at radius 2 is 1.82 bits per heavy atom. The highest BCUT2D eigenvalue weighted by atomic mass is 35.5. The van der Waals surface area contributed by atoms with Gasteiger partial charge in [-0.1, -0.05) is 73.1 Å². The quantitative estimate of drug-likeness (QED) is 0.356. The first kappa shape index (κ1) is 21.3. The zero-order chi connectivity index (χ0) is 22.8. The fourth-order valence-electron chi connectivity index (χ4n) is 4.31. The summed E-state index contributed by atoms with van der Waals surface area (Å²) in [6.07, 6.45) is 0.929. The molecule has 1 atom stereocenters. The normalized spacial score (nSPS) is 15.0. The minimum Gasteiger partial charge on any atom is -0.494 e. The van der Waals surface area contributed by atoms with E-state index in [-0.39, 0.29) is 11.9 Å². The monoisotopic (exact) mass is 457 g/mol. The average Bonchev–Trinajstić information content (AvgIpc) is 3.38. The number of carbonyl (C=O) groups is 1. The van der Waals surface area contributed by atoms with Crippen LogP contribution in [-0.2, 0) is 6.54 Å². The van der Waals surface area contributed by atoms with Gasteiger partial charge in [-0.2, -0.15) is 5.10 Å². The van der Waals surface area contributed by atoms with Crippen LogP contribution in [0.1, 0.15) is 46.6 Å². The largest absolute Gasteiger partial charge is 0.494 e. The molecule has 4 aromatic rings. The number of aromatic amines is 1. The Hall–Kier alpha value is -3.57. The Morgan fingerprint density at radius 1 is 1.03 bits per heavy atom. The summed E-state index contributed by atoms with van der Waals surface area (Å²) < 4.78 is 5.89. The van der Waals surface area contributed by atoms with Crippen molar-refractivity contribution >= 4 is 17.5 Å². The van der Waals surface area contributed by atoms with Crippen molar-refractivity contribution in [2.24, 2.45) is 0 Å². The molecule has 1 amide bonds. The van der Waals surface area contributed by atoms with E-state index in [1.54, 1.807) is 0 Å². The van der Waals surface area contributed by atoms with Crippen LogP contribution in [-0.4, -0.2) is 27.6 Å². The maximum absolute atomic E-state index is 13.5. The van der Waals surface area contributed by atoms with Crippen molar-refractivity contribution in [3.8, 4) is 17.0 Å². The first-order valence-corrected chi connectivity index (χ1v) is 11.5. The summed E-state index contributed by atoms with van der Waals surface area (Å²) in [6.45, 7) is 3.22. The van der Waals surface area contributed by atoms with Gasteiger partial charge in [0.1, 0.15) is 11.4 Å². The van der Waals surface area contributed by atoms with Gasteiger partial charge in [-0.25, -0.2) is 0 Å². The maximum Gasteiger partial charge on any atom is 0.273 e. The fourth-order valence-corrected chi connectivity index (χ4v) is 4.43. The number of hydrogen-bond donors (Lipinski definition) is 1. The predicted octanol–water partition coefficient (Wildman–Crippen LogP) is 6.26. The fraction of sp³-hybridized carbons (Fsp3) is 0.185. The first-order chi connectivity index (χ1) is 16.2. The number of aromatic nitrogens is 2. The Balaban J connectivity index is 1.62. The van der Waals surface area contributed by atoms with Crippen LogP contribution in [0, 0.1) is 0 Å². The van der Waals surface area contributed by atoms with Crippen LogP contribution in [0.3, 0.4) is 0 Å². The number of halogens is 1. The molecule has 3 aromatic carbocycles. The molecule has 1 aliphatic heterocycles. The summed E-state index contributed by atoms with van der Waals surface area (Å²) in [4.78, 5) is 15.4.